The number of fused-ring (bicyclic) bond motifs is 1. The highest BCUT2D eigenvalue weighted by molar-refractivity contribution is 5.92. The van der Waals surface area contributed by atoms with E-state index in [4.69, 9.17) is 0 Å². The molecule has 1 aromatic heterocycles. The Labute approximate surface area is 126 Å². The minimum atomic E-state index is -0.427. The summed E-state index contributed by atoms with van der Waals surface area (Å²) in [5.74, 6) is 0. The number of nitro benzene ring substituents is 1. The van der Waals surface area contributed by atoms with Crippen molar-refractivity contribution >= 4 is 28.5 Å². The molecule has 0 aliphatic carbocycles. The van der Waals surface area contributed by atoms with E-state index in [-0.39, 0.29) is 5.69 Å². The summed E-state index contributed by atoms with van der Waals surface area (Å²) >= 11 is 0. The highest BCUT2D eigenvalue weighted by Gasteiger charge is 2.09. The molecule has 0 aliphatic rings. The van der Waals surface area contributed by atoms with E-state index in [0.717, 1.165) is 16.6 Å². The standard InChI is InChI=1S/C16H12N4O2/c21-20(22)16-9-2-1-5-12(16)11-18-19-15-8-3-7-14-13(15)6-4-10-17-14/h1-11,19H/b18-11+. The van der Waals surface area contributed by atoms with Gasteiger partial charge in [-0.15, -0.1) is 0 Å². The SMILES string of the molecule is O=[N+]([O-])c1ccccc1/C=N/Nc1cccc2ncccc12. The van der Waals surface area contributed by atoms with Crippen LogP contribution in [0.5, 0.6) is 0 Å². The molecule has 0 amide bonds. The van der Waals surface area contributed by atoms with E-state index in [2.05, 4.69) is 15.5 Å². The fourth-order valence-corrected chi connectivity index (χ4v) is 2.14. The smallest absolute Gasteiger partial charge is 0.278 e. The molecule has 108 valence electrons. The Hall–Kier alpha value is -3.28. The third-order valence-electron chi connectivity index (χ3n) is 3.17. The summed E-state index contributed by atoms with van der Waals surface area (Å²) in [4.78, 5) is 14.8. The number of rotatable bonds is 4. The molecule has 0 radical (unpaired) electrons. The van der Waals surface area contributed by atoms with E-state index in [1.807, 2.05) is 30.3 Å². The zero-order valence-corrected chi connectivity index (χ0v) is 11.5. The molecule has 0 atom stereocenters. The second-order valence-electron chi connectivity index (χ2n) is 4.56. The van der Waals surface area contributed by atoms with Gasteiger partial charge in [0.05, 0.1) is 27.9 Å². The van der Waals surface area contributed by atoms with Gasteiger partial charge in [-0.1, -0.05) is 18.2 Å². The number of para-hydroxylation sites is 1. The van der Waals surface area contributed by atoms with Gasteiger partial charge in [0, 0.05) is 17.6 Å². The number of hydrogen-bond donors (Lipinski definition) is 1. The maximum absolute atomic E-state index is 10.9. The average Bonchev–Trinajstić information content (AvgIpc) is 2.55. The van der Waals surface area contributed by atoms with Gasteiger partial charge in [-0.2, -0.15) is 5.10 Å². The fraction of sp³-hybridized carbons (Fsp3) is 0. The van der Waals surface area contributed by atoms with Crippen molar-refractivity contribution in [1.82, 2.24) is 4.98 Å². The number of nitrogens with one attached hydrogen (secondary N) is 1. The Kier molecular flexibility index (Phi) is 3.74. The second kappa shape index (κ2) is 6.01. The number of hydrogen-bond acceptors (Lipinski definition) is 5. The third kappa shape index (κ3) is 2.76. The van der Waals surface area contributed by atoms with E-state index < -0.39 is 4.92 Å². The number of benzene rings is 2. The summed E-state index contributed by atoms with van der Waals surface area (Å²) in [6, 6.07) is 15.9. The van der Waals surface area contributed by atoms with Gasteiger partial charge in [-0.05, 0) is 30.3 Å². The largest absolute Gasteiger partial charge is 0.278 e. The van der Waals surface area contributed by atoms with Crippen molar-refractivity contribution in [3.63, 3.8) is 0 Å². The summed E-state index contributed by atoms with van der Waals surface area (Å²) in [7, 11) is 0. The lowest BCUT2D eigenvalue weighted by Gasteiger charge is -2.04. The summed E-state index contributed by atoms with van der Waals surface area (Å²) in [6.45, 7) is 0. The lowest BCUT2D eigenvalue weighted by molar-refractivity contribution is -0.385. The second-order valence-corrected chi connectivity index (χ2v) is 4.56. The van der Waals surface area contributed by atoms with E-state index >= 15 is 0 Å². The first kappa shape index (κ1) is 13.7. The Morgan fingerprint density at radius 1 is 1.09 bits per heavy atom. The van der Waals surface area contributed by atoms with E-state index in [1.54, 1.807) is 24.4 Å². The van der Waals surface area contributed by atoms with Crippen LogP contribution in [0.4, 0.5) is 11.4 Å². The molecule has 6 heteroatoms. The monoisotopic (exact) mass is 292 g/mol. The Bertz CT molecular complexity index is 856. The molecule has 0 bridgehead atoms. The molecule has 1 N–H and O–H groups in total. The molecule has 0 fully saturated rings. The minimum absolute atomic E-state index is 0.0210. The van der Waals surface area contributed by atoms with Crippen molar-refractivity contribution in [1.29, 1.82) is 0 Å². The van der Waals surface area contributed by atoms with Gasteiger partial charge in [0.1, 0.15) is 0 Å². The minimum Gasteiger partial charge on any atom is -0.278 e. The van der Waals surface area contributed by atoms with Crippen LogP contribution in [0.3, 0.4) is 0 Å². The number of anilines is 1. The van der Waals surface area contributed by atoms with Crippen molar-refractivity contribution in [2.45, 2.75) is 0 Å². The van der Waals surface area contributed by atoms with Gasteiger partial charge < -0.3 is 0 Å². The van der Waals surface area contributed by atoms with Crippen LogP contribution in [0, 0.1) is 10.1 Å². The highest BCUT2D eigenvalue weighted by Crippen LogP contribution is 2.21. The molecular formula is C16H12N4O2. The predicted molar refractivity (Wildman–Crippen MR) is 86.1 cm³/mol. The van der Waals surface area contributed by atoms with Crippen LogP contribution in [0.15, 0.2) is 65.9 Å². The number of nitrogens with zero attached hydrogens (tertiary/aromatic N) is 3. The molecule has 0 unspecified atom stereocenters. The summed E-state index contributed by atoms with van der Waals surface area (Å²) in [5.41, 5.74) is 5.02. The first-order valence-corrected chi connectivity index (χ1v) is 6.62. The lowest BCUT2D eigenvalue weighted by Crippen LogP contribution is -1.96. The molecule has 3 aromatic rings. The van der Waals surface area contributed by atoms with Gasteiger partial charge in [0.15, 0.2) is 0 Å². The summed E-state index contributed by atoms with van der Waals surface area (Å²) < 4.78 is 0. The molecule has 2 aromatic carbocycles. The van der Waals surface area contributed by atoms with Crippen LogP contribution < -0.4 is 5.43 Å². The molecule has 1 heterocycles. The van der Waals surface area contributed by atoms with Gasteiger partial charge in [0.25, 0.3) is 5.69 Å². The van der Waals surface area contributed by atoms with Crippen LogP contribution >= 0.6 is 0 Å². The molecule has 0 spiro atoms. The molecule has 3 rings (SSSR count). The molecule has 22 heavy (non-hydrogen) atoms. The van der Waals surface area contributed by atoms with Crippen molar-refractivity contribution in [2.24, 2.45) is 5.10 Å². The van der Waals surface area contributed by atoms with Crippen LogP contribution in [-0.4, -0.2) is 16.1 Å². The zero-order chi connectivity index (χ0) is 15.4. The van der Waals surface area contributed by atoms with Gasteiger partial charge >= 0.3 is 0 Å². The average molecular weight is 292 g/mol. The maximum Gasteiger partial charge on any atom is 0.278 e. The summed E-state index contributed by atoms with van der Waals surface area (Å²) in [6.07, 6.45) is 3.16. The Balaban J connectivity index is 1.87. The number of nitro groups is 1. The normalized spacial score (nSPS) is 10.9. The fourth-order valence-electron chi connectivity index (χ4n) is 2.14. The van der Waals surface area contributed by atoms with Crippen LogP contribution in [0.2, 0.25) is 0 Å². The van der Waals surface area contributed by atoms with Gasteiger partial charge in [0.2, 0.25) is 0 Å². The molecule has 0 saturated carbocycles. The molecule has 0 saturated heterocycles. The van der Waals surface area contributed by atoms with Gasteiger partial charge in [-0.25, -0.2) is 0 Å². The lowest BCUT2D eigenvalue weighted by atomic mass is 10.2. The van der Waals surface area contributed by atoms with Crippen LogP contribution in [-0.2, 0) is 0 Å². The predicted octanol–water partition coefficient (Wildman–Crippen LogP) is 3.59. The van der Waals surface area contributed by atoms with Crippen LogP contribution in [0.1, 0.15) is 5.56 Å². The quantitative estimate of drug-likeness (QED) is 0.452. The Morgan fingerprint density at radius 2 is 1.95 bits per heavy atom. The number of aromatic nitrogens is 1. The van der Waals surface area contributed by atoms with Crippen molar-refractivity contribution in [3.8, 4) is 0 Å². The Morgan fingerprint density at radius 3 is 2.82 bits per heavy atom. The number of pyridine rings is 1. The zero-order valence-electron chi connectivity index (χ0n) is 11.5. The van der Waals surface area contributed by atoms with Crippen molar-refractivity contribution in [3.05, 3.63) is 76.5 Å². The maximum atomic E-state index is 10.9. The first-order chi connectivity index (χ1) is 10.8. The molecular weight excluding hydrogens is 280 g/mol. The van der Waals surface area contributed by atoms with Crippen LogP contribution in [0.25, 0.3) is 10.9 Å². The first-order valence-electron chi connectivity index (χ1n) is 6.62. The third-order valence-corrected chi connectivity index (χ3v) is 3.17. The van der Waals surface area contributed by atoms with Crippen molar-refractivity contribution in [2.75, 3.05) is 5.43 Å². The van der Waals surface area contributed by atoms with E-state index in [9.17, 15) is 10.1 Å². The molecule has 6 nitrogen and oxygen atoms in total. The van der Waals surface area contributed by atoms with E-state index in [1.165, 1.54) is 12.3 Å². The van der Waals surface area contributed by atoms with Gasteiger partial charge in [-0.3, -0.25) is 20.5 Å². The highest BCUT2D eigenvalue weighted by atomic mass is 16.6. The summed E-state index contributed by atoms with van der Waals surface area (Å²) in [5, 5.41) is 16.0. The topological polar surface area (TPSA) is 80.4 Å². The number of hydrazone groups is 1. The van der Waals surface area contributed by atoms with E-state index in [0.29, 0.717) is 5.56 Å². The molecule has 0 aliphatic heterocycles. The van der Waals surface area contributed by atoms with Crippen molar-refractivity contribution < 1.29 is 4.92 Å².